The summed E-state index contributed by atoms with van der Waals surface area (Å²) in [5, 5.41) is 10.6. The fourth-order valence-corrected chi connectivity index (χ4v) is 4.54. The van der Waals surface area contributed by atoms with Gasteiger partial charge < -0.3 is 19.1 Å². The highest BCUT2D eigenvalue weighted by molar-refractivity contribution is 6.22. The average molecular weight is 464 g/mol. The summed E-state index contributed by atoms with van der Waals surface area (Å²) in [6.07, 6.45) is 2.84. The lowest BCUT2D eigenvalue weighted by Gasteiger charge is -2.26. The Bertz CT molecular complexity index is 1150. The van der Waals surface area contributed by atoms with Crippen molar-refractivity contribution in [3.8, 4) is 5.69 Å². The quantitative estimate of drug-likeness (QED) is 0.624. The minimum atomic E-state index is -0.552. The fraction of sp³-hybridized carbons (Fsp3) is 0.407. The zero-order chi connectivity index (χ0) is 24.2. The van der Waals surface area contributed by atoms with Crippen LogP contribution in [0.15, 0.2) is 52.4 Å². The Kier molecular flexibility index (Phi) is 7.34. The van der Waals surface area contributed by atoms with Crippen LogP contribution in [-0.2, 0) is 20.7 Å². The number of benzene rings is 1. The number of nitrogens with zero attached hydrogens (tertiary/aromatic N) is 3. The number of aliphatic imine (C=N–C) groups is 1. The second-order valence-electron chi connectivity index (χ2n) is 8.70. The maximum absolute atomic E-state index is 12.2. The van der Waals surface area contributed by atoms with E-state index in [0.717, 1.165) is 61.9 Å². The van der Waals surface area contributed by atoms with Crippen LogP contribution in [0.2, 0.25) is 0 Å². The molecule has 2 aliphatic heterocycles. The molecular formula is C27H33N3O4. The van der Waals surface area contributed by atoms with Crippen LogP contribution in [0.4, 0.5) is 0 Å². The third-order valence-corrected chi connectivity index (χ3v) is 6.39. The molecule has 0 radical (unpaired) electrons. The number of hydrogen-bond donors (Lipinski definition) is 1. The third-order valence-electron chi connectivity index (χ3n) is 6.39. The highest BCUT2D eigenvalue weighted by Gasteiger charge is 2.28. The number of carbonyl (C=O) groups excluding carboxylic acids is 1. The Balaban J connectivity index is 1.53. The molecule has 7 nitrogen and oxygen atoms in total. The molecule has 0 atom stereocenters. The smallest absolute Gasteiger partial charge is 0.343 e. The molecule has 180 valence electrons. The van der Waals surface area contributed by atoms with Gasteiger partial charge in [0.15, 0.2) is 5.76 Å². The Labute approximate surface area is 201 Å². The number of aromatic nitrogens is 1. The first-order valence-corrected chi connectivity index (χ1v) is 11.9. The Morgan fingerprint density at radius 1 is 1.18 bits per heavy atom. The molecule has 0 unspecified atom stereocenters. The molecule has 0 aliphatic carbocycles. The van der Waals surface area contributed by atoms with E-state index >= 15 is 0 Å². The molecule has 34 heavy (non-hydrogen) atoms. The van der Waals surface area contributed by atoms with Crippen LogP contribution in [0.3, 0.4) is 0 Å². The summed E-state index contributed by atoms with van der Waals surface area (Å²) < 4.78 is 12.7. The van der Waals surface area contributed by atoms with Crippen LogP contribution in [0, 0.1) is 13.8 Å². The van der Waals surface area contributed by atoms with Crippen molar-refractivity contribution in [1.29, 1.82) is 0 Å². The van der Waals surface area contributed by atoms with Crippen molar-refractivity contribution in [3.05, 3.63) is 69.9 Å². The molecule has 0 saturated carbocycles. The summed E-state index contributed by atoms with van der Waals surface area (Å²) in [5.74, 6) is -0.686. The number of esters is 1. The SMILES string of the molecule is CCOC(=O)C1=C(O)/C(=C\c2cc(C)n(-c3ccc(CCN4CCOCC4)cc3)c2C)N=C1C. The third kappa shape index (κ3) is 5.00. The number of ether oxygens (including phenoxy) is 2. The minimum Gasteiger partial charge on any atom is -0.505 e. The first-order valence-electron chi connectivity index (χ1n) is 11.9. The van der Waals surface area contributed by atoms with E-state index < -0.39 is 5.97 Å². The van der Waals surface area contributed by atoms with Crippen LogP contribution < -0.4 is 0 Å². The molecule has 0 spiro atoms. The van der Waals surface area contributed by atoms with Gasteiger partial charge in [0.1, 0.15) is 11.3 Å². The molecule has 1 fully saturated rings. The summed E-state index contributed by atoms with van der Waals surface area (Å²) >= 11 is 0. The molecule has 7 heteroatoms. The van der Waals surface area contributed by atoms with E-state index in [1.807, 2.05) is 13.0 Å². The van der Waals surface area contributed by atoms with Gasteiger partial charge in [-0.05, 0) is 69.5 Å². The fourth-order valence-electron chi connectivity index (χ4n) is 4.54. The first kappa shape index (κ1) is 24.0. The zero-order valence-corrected chi connectivity index (χ0v) is 20.4. The van der Waals surface area contributed by atoms with Crippen LogP contribution in [0.25, 0.3) is 11.8 Å². The van der Waals surface area contributed by atoms with Crippen LogP contribution in [0.1, 0.15) is 36.4 Å². The topological polar surface area (TPSA) is 76.3 Å². The van der Waals surface area contributed by atoms with Gasteiger partial charge in [0, 0.05) is 36.7 Å². The van der Waals surface area contributed by atoms with E-state index in [1.165, 1.54) is 5.56 Å². The maximum Gasteiger partial charge on any atom is 0.343 e. The molecule has 0 amide bonds. The lowest BCUT2D eigenvalue weighted by molar-refractivity contribution is -0.138. The van der Waals surface area contributed by atoms with Crippen LogP contribution in [0.5, 0.6) is 0 Å². The molecule has 0 bridgehead atoms. The lowest BCUT2D eigenvalue weighted by atomic mass is 10.1. The van der Waals surface area contributed by atoms with Gasteiger partial charge in [-0.25, -0.2) is 9.79 Å². The number of hydrogen-bond acceptors (Lipinski definition) is 6. The number of aliphatic hydroxyl groups is 1. The lowest BCUT2D eigenvalue weighted by Crippen LogP contribution is -2.37. The molecule has 1 aromatic heterocycles. The predicted octanol–water partition coefficient (Wildman–Crippen LogP) is 4.16. The van der Waals surface area contributed by atoms with Gasteiger partial charge in [0.2, 0.25) is 0 Å². The monoisotopic (exact) mass is 463 g/mol. The number of morpholine rings is 1. The second kappa shape index (κ2) is 10.4. The molecule has 1 aromatic carbocycles. The Hall–Kier alpha value is -3.16. The first-order chi connectivity index (χ1) is 16.4. The second-order valence-corrected chi connectivity index (χ2v) is 8.70. The van der Waals surface area contributed by atoms with E-state index in [1.54, 1.807) is 13.8 Å². The van der Waals surface area contributed by atoms with Crippen molar-refractivity contribution in [2.24, 2.45) is 4.99 Å². The van der Waals surface area contributed by atoms with Crippen molar-refractivity contribution in [1.82, 2.24) is 9.47 Å². The van der Waals surface area contributed by atoms with Gasteiger partial charge in [-0.2, -0.15) is 0 Å². The van der Waals surface area contributed by atoms with Crippen molar-refractivity contribution < 1.29 is 19.4 Å². The molecule has 3 heterocycles. The van der Waals surface area contributed by atoms with Gasteiger partial charge in [-0.15, -0.1) is 0 Å². The molecular weight excluding hydrogens is 430 g/mol. The number of aryl methyl sites for hydroxylation is 1. The van der Waals surface area contributed by atoms with Crippen molar-refractivity contribution in [2.45, 2.75) is 34.1 Å². The Morgan fingerprint density at radius 3 is 2.56 bits per heavy atom. The predicted molar refractivity (Wildman–Crippen MR) is 134 cm³/mol. The van der Waals surface area contributed by atoms with Crippen molar-refractivity contribution >= 4 is 17.8 Å². The molecule has 4 rings (SSSR count). The highest BCUT2D eigenvalue weighted by Crippen LogP contribution is 2.29. The summed E-state index contributed by atoms with van der Waals surface area (Å²) in [4.78, 5) is 19.0. The van der Waals surface area contributed by atoms with Gasteiger partial charge in [0.25, 0.3) is 0 Å². The zero-order valence-electron chi connectivity index (χ0n) is 20.4. The summed E-state index contributed by atoms with van der Waals surface area (Å²) in [7, 11) is 0. The highest BCUT2D eigenvalue weighted by atomic mass is 16.5. The van der Waals surface area contributed by atoms with E-state index in [4.69, 9.17) is 9.47 Å². The normalized spacial score (nSPS) is 18.0. The van der Waals surface area contributed by atoms with Gasteiger partial charge in [0.05, 0.1) is 25.5 Å². The molecule has 2 aliphatic rings. The maximum atomic E-state index is 12.2. The van der Waals surface area contributed by atoms with Crippen LogP contribution >= 0.6 is 0 Å². The summed E-state index contributed by atoms with van der Waals surface area (Å²) in [5.41, 5.74) is 6.44. The van der Waals surface area contributed by atoms with Gasteiger partial charge >= 0.3 is 5.97 Å². The molecule has 1 N–H and O–H groups in total. The average Bonchev–Trinajstić information content (AvgIpc) is 3.27. The van der Waals surface area contributed by atoms with E-state index in [0.29, 0.717) is 11.4 Å². The van der Waals surface area contributed by atoms with E-state index in [2.05, 4.69) is 51.7 Å². The minimum absolute atomic E-state index is 0.134. The number of rotatable bonds is 7. The van der Waals surface area contributed by atoms with Crippen molar-refractivity contribution in [3.63, 3.8) is 0 Å². The van der Waals surface area contributed by atoms with Gasteiger partial charge in [-0.1, -0.05) is 12.1 Å². The van der Waals surface area contributed by atoms with Crippen LogP contribution in [-0.4, -0.2) is 65.7 Å². The Morgan fingerprint density at radius 2 is 1.88 bits per heavy atom. The van der Waals surface area contributed by atoms with E-state index in [9.17, 15) is 9.90 Å². The molecule has 2 aromatic rings. The summed E-state index contributed by atoms with van der Waals surface area (Å²) in [6, 6.07) is 10.8. The number of aliphatic hydroxyl groups excluding tert-OH is 1. The number of carbonyl (C=O) groups is 1. The van der Waals surface area contributed by atoms with Crippen molar-refractivity contribution in [2.75, 3.05) is 39.5 Å². The standard InChI is InChI=1S/C27H33N3O4/c1-5-34-27(32)25-19(3)28-24(26(25)31)17-22-16-18(2)30(20(22)4)23-8-6-21(7-9-23)10-11-29-12-14-33-15-13-29/h6-9,16-17,31H,5,10-15H2,1-4H3/b24-17+. The van der Waals surface area contributed by atoms with Gasteiger partial charge in [-0.3, -0.25) is 4.90 Å². The van der Waals surface area contributed by atoms with E-state index in [-0.39, 0.29) is 17.9 Å². The largest absolute Gasteiger partial charge is 0.505 e. The molecule has 1 saturated heterocycles. The summed E-state index contributed by atoms with van der Waals surface area (Å²) in [6.45, 7) is 12.5.